The van der Waals surface area contributed by atoms with Crippen molar-refractivity contribution in [3.63, 3.8) is 0 Å². The molecule has 0 aliphatic heterocycles. The minimum Gasteiger partial charge on any atom is -0.208 e. The summed E-state index contributed by atoms with van der Waals surface area (Å²) in [7, 11) is 0. The number of aryl methyl sites for hydroxylation is 2. The van der Waals surface area contributed by atoms with Gasteiger partial charge in [0, 0.05) is 21.2 Å². The van der Waals surface area contributed by atoms with Crippen LogP contribution in [-0.4, -0.2) is 15.0 Å². The van der Waals surface area contributed by atoms with E-state index < -0.39 is 0 Å². The fourth-order valence-electron chi connectivity index (χ4n) is 3.01. The molecule has 0 aliphatic rings. The second-order valence-corrected chi connectivity index (χ2v) is 7.26. The van der Waals surface area contributed by atoms with Gasteiger partial charge in [-0.1, -0.05) is 76.6 Å². The lowest BCUT2D eigenvalue weighted by Gasteiger charge is -2.10. The molecule has 0 atom stereocenters. The summed E-state index contributed by atoms with van der Waals surface area (Å²) in [5.74, 6) is 2.04. The van der Waals surface area contributed by atoms with Crippen LogP contribution in [0, 0.1) is 13.8 Å². The second kappa shape index (κ2) is 7.41. The van der Waals surface area contributed by atoms with E-state index in [0.717, 1.165) is 32.3 Å². The molecule has 1 heterocycles. The van der Waals surface area contributed by atoms with Crippen molar-refractivity contribution in [2.24, 2.45) is 0 Å². The molecule has 0 fully saturated rings. The summed E-state index contributed by atoms with van der Waals surface area (Å²) in [5.41, 5.74) is 5.26. The monoisotopic (exact) mass is 415 g/mol. The maximum Gasteiger partial charge on any atom is 0.164 e. The van der Waals surface area contributed by atoms with Crippen molar-refractivity contribution in [3.8, 4) is 34.2 Å². The third-order valence-corrected chi connectivity index (χ3v) is 5.64. The van der Waals surface area contributed by atoms with Crippen LogP contribution in [0.3, 0.4) is 0 Å². The highest BCUT2D eigenvalue weighted by molar-refractivity contribution is 9.10. The van der Waals surface area contributed by atoms with Crippen molar-refractivity contribution in [2.75, 3.05) is 0 Å². The number of hydrogen-bond acceptors (Lipinski definition) is 3. The average molecular weight is 416 g/mol. The standard InChI is InChI=1S/C23H18BrN3/c1-15-13-19(14-16(2)20(15)24)23-26-21(17-9-5-3-6-10-17)25-22(27-23)18-11-7-4-8-12-18/h3-14H,1-2H3. The molecule has 0 unspecified atom stereocenters. The summed E-state index contributed by atoms with van der Waals surface area (Å²) in [5, 5.41) is 0. The number of rotatable bonds is 3. The zero-order valence-electron chi connectivity index (χ0n) is 15.1. The van der Waals surface area contributed by atoms with Gasteiger partial charge in [0.1, 0.15) is 0 Å². The van der Waals surface area contributed by atoms with E-state index in [1.807, 2.05) is 60.7 Å². The van der Waals surface area contributed by atoms with Crippen molar-refractivity contribution in [2.45, 2.75) is 13.8 Å². The van der Waals surface area contributed by atoms with Gasteiger partial charge in [0.15, 0.2) is 17.5 Å². The molecule has 0 saturated carbocycles. The number of benzene rings is 3. The maximum absolute atomic E-state index is 4.77. The molecule has 0 radical (unpaired) electrons. The number of hydrogen-bond donors (Lipinski definition) is 0. The SMILES string of the molecule is Cc1cc(-c2nc(-c3ccccc3)nc(-c3ccccc3)n2)cc(C)c1Br. The van der Waals surface area contributed by atoms with Crippen LogP contribution < -0.4 is 0 Å². The fraction of sp³-hybridized carbons (Fsp3) is 0.0870. The Labute approximate surface area is 167 Å². The highest BCUT2D eigenvalue weighted by Gasteiger charge is 2.13. The van der Waals surface area contributed by atoms with Crippen LogP contribution in [0.5, 0.6) is 0 Å². The van der Waals surface area contributed by atoms with E-state index in [1.165, 1.54) is 0 Å². The fourth-order valence-corrected chi connectivity index (χ4v) is 3.24. The van der Waals surface area contributed by atoms with E-state index in [1.54, 1.807) is 0 Å². The summed E-state index contributed by atoms with van der Waals surface area (Å²) < 4.78 is 1.12. The summed E-state index contributed by atoms with van der Waals surface area (Å²) in [6.45, 7) is 4.16. The van der Waals surface area contributed by atoms with Gasteiger partial charge < -0.3 is 0 Å². The third-order valence-electron chi connectivity index (χ3n) is 4.39. The lowest BCUT2D eigenvalue weighted by molar-refractivity contribution is 1.07. The van der Waals surface area contributed by atoms with E-state index in [0.29, 0.717) is 17.5 Å². The molecule has 132 valence electrons. The highest BCUT2D eigenvalue weighted by Crippen LogP contribution is 2.29. The topological polar surface area (TPSA) is 38.7 Å². The molecule has 1 aromatic heterocycles. The summed E-state index contributed by atoms with van der Waals surface area (Å²) in [6.07, 6.45) is 0. The molecule has 3 nitrogen and oxygen atoms in total. The van der Waals surface area contributed by atoms with E-state index in [4.69, 9.17) is 15.0 Å². The van der Waals surface area contributed by atoms with Crippen LogP contribution in [0.2, 0.25) is 0 Å². The van der Waals surface area contributed by atoms with Crippen LogP contribution in [0.15, 0.2) is 77.3 Å². The van der Waals surface area contributed by atoms with Gasteiger partial charge in [-0.3, -0.25) is 0 Å². The van der Waals surface area contributed by atoms with Crippen LogP contribution in [-0.2, 0) is 0 Å². The minimum atomic E-state index is 0.678. The lowest BCUT2D eigenvalue weighted by atomic mass is 10.1. The lowest BCUT2D eigenvalue weighted by Crippen LogP contribution is -2.00. The van der Waals surface area contributed by atoms with Crippen molar-refractivity contribution in [1.82, 2.24) is 15.0 Å². The van der Waals surface area contributed by atoms with Gasteiger partial charge in [-0.05, 0) is 37.1 Å². The molecular formula is C23H18BrN3. The Balaban J connectivity index is 1.94. The molecule has 27 heavy (non-hydrogen) atoms. The van der Waals surface area contributed by atoms with Gasteiger partial charge in [-0.2, -0.15) is 0 Å². The van der Waals surface area contributed by atoms with Crippen LogP contribution in [0.4, 0.5) is 0 Å². The smallest absolute Gasteiger partial charge is 0.164 e. The summed E-state index contributed by atoms with van der Waals surface area (Å²) >= 11 is 3.64. The molecule has 0 bridgehead atoms. The number of halogens is 1. The molecule has 0 N–H and O–H groups in total. The largest absolute Gasteiger partial charge is 0.208 e. The van der Waals surface area contributed by atoms with Gasteiger partial charge in [-0.15, -0.1) is 0 Å². The Hall–Kier alpha value is -2.85. The molecule has 0 saturated heterocycles. The third kappa shape index (κ3) is 3.67. The van der Waals surface area contributed by atoms with Gasteiger partial charge in [0.2, 0.25) is 0 Å². The van der Waals surface area contributed by atoms with Gasteiger partial charge in [0.05, 0.1) is 0 Å². The molecule has 0 spiro atoms. The van der Waals surface area contributed by atoms with E-state index in [-0.39, 0.29) is 0 Å². The first-order valence-corrected chi connectivity index (χ1v) is 9.55. The first-order valence-electron chi connectivity index (χ1n) is 8.76. The van der Waals surface area contributed by atoms with Gasteiger partial charge >= 0.3 is 0 Å². The Kier molecular flexibility index (Phi) is 4.82. The van der Waals surface area contributed by atoms with Gasteiger partial charge in [0.25, 0.3) is 0 Å². The molecule has 0 aliphatic carbocycles. The van der Waals surface area contributed by atoms with E-state index in [9.17, 15) is 0 Å². The Morgan fingerprint density at radius 1 is 0.556 bits per heavy atom. The molecule has 4 aromatic rings. The Morgan fingerprint density at radius 3 is 1.33 bits per heavy atom. The first kappa shape index (κ1) is 17.6. The molecular weight excluding hydrogens is 398 g/mol. The zero-order chi connectivity index (χ0) is 18.8. The molecule has 3 aromatic carbocycles. The molecule has 4 rings (SSSR count). The average Bonchev–Trinajstić information content (AvgIpc) is 2.72. The predicted molar refractivity (Wildman–Crippen MR) is 113 cm³/mol. The Morgan fingerprint density at radius 2 is 0.926 bits per heavy atom. The van der Waals surface area contributed by atoms with E-state index >= 15 is 0 Å². The number of nitrogens with zero attached hydrogens (tertiary/aromatic N) is 3. The van der Waals surface area contributed by atoms with Crippen molar-refractivity contribution >= 4 is 15.9 Å². The highest BCUT2D eigenvalue weighted by atomic mass is 79.9. The van der Waals surface area contributed by atoms with Crippen molar-refractivity contribution in [3.05, 3.63) is 88.4 Å². The summed E-state index contributed by atoms with van der Waals surface area (Å²) in [6, 6.07) is 24.3. The predicted octanol–water partition coefficient (Wildman–Crippen LogP) is 6.25. The van der Waals surface area contributed by atoms with E-state index in [2.05, 4.69) is 41.9 Å². The van der Waals surface area contributed by atoms with Crippen LogP contribution >= 0.6 is 15.9 Å². The molecule has 4 heteroatoms. The first-order chi connectivity index (χ1) is 13.1. The molecule has 0 amide bonds. The maximum atomic E-state index is 4.77. The second-order valence-electron chi connectivity index (χ2n) is 6.46. The Bertz CT molecular complexity index is 1010. The normalized spacial score (nSPS) is 10.8. The number of aromatic nitrogens is 3. The van der Waals surface area contributed by atoms with Gasteiger partial charge in [-0.25, -0.2) is 15.0 Å². The van der Waals surface area contributed by atoms with Crippen LogP contribution in [0.1, 0.15) is 11.1 Å². The summed E-state index contributed by atoms with van der Waals surface area (Å²) in [4.78, 5) is 14.3. The van der Waals surface area contributed by atoms with Crippen molar-refractivity contribution < 1.29 is 0 Å². The zero-order valence-corrected chi connectivity index (χ0v) is 16.7. The minimum absolute atomic E-state index is 0.678. The van der Waals surface area contributed by atoms with Crippen LogP contribution in [0.25, 0.3) is 34.2 Å². The quantitative estimate of drug-likeness (QED) is 0.396. The van der Waals surface area contributed by atoms with Crippen molar-refractivity contribution in [1.29, 1.82) is 0 Å².